The summed E-state index contributed by atoms with van der Waals surface area (Å²) in [5.74, 6) is -1.06. The van der Waals surface area contributed by atoms with Gasteiger partial charge in [-0.1, -0.05) is 55.8 Å². The van der Waals surface area contributed by atoms with Gasteiger partial charge in [0.25, 0.3) is 0 Å². The number of ether oxygens (including phenoxy) is 1. The fraction of sp³-hybridized carbons (Fsp3) is 0.400. The molecule has 0 saturated carbocycles. The molecule has 1 heterocycles. The predicted octanol–water partition coefficient (Wildman–Crippen LogP) is 4.60. The molecule has 1 amide bonds. The van der Waals surface area contributed by atoms with E-state index in [1.54, 1.807) is 11.0 Å². The molecular formula is C25H29NO4. The van der Waals surface area contributed by atoms with Crippen LogP contribution in [0.1, 0.15) is 59.7 Å². The van der Waals surface area contributed by atoms with E-state index in [1.165, 1.54) is 0 Å². The number of nitrogens with zero attached hydrogens (tertiary/aromatic N) is 1. The molecule has 1 fully saturated rings. The Balaban J connectivity index is 1.65. The van der Waals surface area contributed by atoms with Crippen molar-refractivity contribution >= 4 is 23.3 Å². The van der Waals surface area contributed by atoms with Gasteiger partial charge in [0.1, 0.15) is 0 Å². The fourth-order valence-corrected chi connectivity index (χ4v) is 3.93. The fourth-order valence-electron chi connectivity index (χ4n) is 3.93. The molecule has 0 spiro atoms. The zero-order valence-electron chi connectivity index (χ0n) is 18.1. The van der Waals surface area contributed by atoms with Gasteiger partial charge in [0.15, 0.2) is 6.61 Å². The SMILES string of the molecule is CC[C@@H](C)c1ccccc1N1C[C@@H](C(=O)OCC(=O)c2ccc(C)cc2C)CC1=O. The van der Waals surface area contributed by atoms with Crippen LogP contribution in [-0.4, -0.2) is 30.8 Å². The molecule has 1 saturated heterocycles. The minimum atomic E-state index is -0.561. The summed E-state index contributed by atoms with van der Waals surface area (Å²) in [5.41, 5.74) is 4.45. The summed E-state index contributed by atoms with van der Waals surface area (Å²) in [6.07, 6.45) is 1.07. The Hall–Kier alpha value is -2.95. The molecule has 30 heavy (non-hydrogen) atoms. The van der Waals surface area contributed by atoms with Gasteiger partial charge in [0.05, 0.1) is 5.92 Å². The summed E-state index contributed by atoms with van der Waals surface area (Å²) >= 11 is 0. The molecule has 158 valence electrons. The highest BCUT2D eigenvalue weighted by molar-refractivity contribution is 6.01. The van der Waals surface area contributed by atoms with E-state index in [-0.39, 0.29) is 31.3 Å². The Morgan fingerprint density at radius 1 is 1.17 bits per heavy atom. The second-order valence-corrected chi connectivity index (χ2v) is 8.12. The van der Waals surface area contributed by atoms with Crippen molar-refractivity contribution in [3.05, 3.63) is 64.7 Å². The van der Waals surface area contributed by atoms with Gasteiger partial charge in [-0.2, -0.15) is 0 Å². The molecule has 0 radical (unpaired) electrons. The summed E-state index contributed by atoms with van der Waals surface area (Å²) < 4.78 is 5.29. The van der Waals surface area contributed by atoms with Crippen LogP contribution in [0.3, 0.4) is 0 Å². The lowest BCUT2D eigenvalue weighted by Gasteiger charge is -2.23. The minimum absolute atomic E-state index is 0.0894. The van der Waals surface area contributed by atoms with Crippen molar-refractivity contribution in [3.8, 4) is 0 Å². The van der Waals surface area contributed by atoms with Crippen LogP contribution < -0.4 is 4.90 Å². The average Bonchev–Trinajstić information content (AvgIpc) is 3.12. The number of ketones is 1. The first kappa shape index (κ1) is 21.8. The zero-order valence-corrected chi connectivity index (χ0v) is 18.1. The lowest BCUT2D eigenvalue weighted by Crippen LogP contribution is -2.28. The summed E-state index contributed by atoms with van der Waals surface area (Å²) in [5, 5.41) is 0. The van der Waals surface area contributed by atoms with E-state index in [4.69, 9.17) is 4.74 Å². The second-order valence-electron chi connectivity index (χ2n) is 8.12. The lowest BCUT2D eigenvalue weighted by molar-refractivity contribution is -0.147. The monoisotopic (exact) mass is 407 g/mol. The Morgan fingerprint density at radius 3 is 2.60 bits per heavy atom. The van der Waals surface area contributed by atoms with Crippen molar-refractivity contribution in [2.75, 3.05) is 18.1 Å². The van der Waals surface area contributed by atoms with E-state index in [1.807, 2.05) is 50.2 Å². The van der Waals surface area contributed by atoms with Gasteiger partial charge in [-0.25, -0.2) is 0 Å². The number of esters is 1. The predicted molar refractivity (Wildman–Crippen MR) is 117 cm³/mol. The van der Waals surface area contributed by atoms with Crippen molar-refractivity contribution in [3.63, 3.8) is 0 Å². The lowest BCUT2D eigenvalue weighted by atomic mass is 9.96. The second kappa shape index (κ2) is 9.24. The number of benzene rings is 2. The van der Waals surface area contributed by atoms with Crippen LogP contribution >= 0.6 is 0 Å². The van der Waals surface area contributed by atoms with Gasteiger partial charge in [0, 0.05) is 24.2 Å². The molecular weight excluding hydrogens is 378 g/mol. The molecule has 3 rings (SSSR count). The van der Waals surface area contributed by atoms with Gasteiger partial charge >= 0.3 is 5.97 Å². The number of Topliss-reactive ketones (excluding diaryl/α,β-unsaturated/α-hetero) is 1. The van der Waals surface area contributed by atoms with Gasteiger partial charge in [0.2, 0.25) is 11.7 Å². The molecule has 0 aromatic heterocycles. The third-order valence-electron chi connectivity index (χ3n) is 5.86. The number of carbonyl (C=O) groups is 3. The number of anilines is 1. The van der Waals surface area contributed by atoms with Gasteiger partial charge in [-0.05, 0) is 43.4 Å². The van der Waals surface area contributed by atoms with Gasteiger partial charge in [-0.15, -0.1) is 0 Å². The third-order valence-corrected chi connectivity index (χ3v) is 5.86. The number of hydrogen-bond donors (Lipinski definition) is 0. The van der Waals surface area contributed by atoms with Gasteiger partial charge < -0.3 is 9.64 Å². The first-order valence-electron chi connectivity index (χ1n) is 10.5. The standard InChI is InChI=1S/C25H29NO4/c1-5-17(3)20-8-6-7-9-22(20)26-14-19(13-24(26)28)25(29)30-15-23(27)21-11-10-16(2)12-18(21)4/h6-12,17,19H,5,13-15H2,1-4H3/t17-,19+/m1/s1. The van der Waals surface area contributed by atoms with E-state index >= 15 is 0 Å². The van der Waals surface area contributed by atoms with E-state index in [0.29, 0.717) is 11.5 Å². The number of amides is 1. The maximum absolute atomic E-state index is 12.6. The van der Waals surface area contributed by atoms with Gasteiger partial charge in [-0.3, -0.25) is 14.4 Å². The number of rotatable bonds is 7. The van der Waals surface area contributed by atoms with E-state index in [0.717, 1.165) is 28.8 Å². The Kier molecular flexibility index (Phi) is 6.70. The Bertz CT molecular complexity index is 965. The number of carbonyl (C=O) groups excluding carboxylic acids is 3. The summed E-state index contributed by atoms with van der Waals surface area (Å²) in [7, 11) is 0. The molecule has 1 aliphatic rings. The molecule has 0 N–H and O–H groups in total. The molecule has 2 aromatic rings. The molecule has 0 aliphatic carbocycles. The Labute approximate surface area is 178 Å². The van der Waals surface area contributed by atoms with E-state index < -0.39 is 11.9 Å². The maximum atomic E-state index is 12.6. The molecule has 5 heteroatoms. The van der Waals surface area contributed by atoms with Crippen molar-refractivity contribution < 1.29 is 19.1 Å². The summed E-state index contributed by atoms with van der Waals surface area (Å²) in [6, 6.07) is 13.4. The van der Waals surface area contributed by atoms with E-state index in [2.05, 4.69) is 13.8 Å². The first-order valence-corrected chi connectivity index (χ1v) is 10.5. The highest BCUT2D eigenvalue weighted by Gasteiger charge is 2.37. The number of para-hydroxylation sites is 1. The Morgan fingerprint density at radius 2 is 1.90 bits per heavy atom. The topological polar surface area (TPSA) is 63.7 Å². The first-order chi connectivity index (χ1) is 14.3. The van der Waals surface area contributed by atoms with Crippen LogP contribution in [0.4, 0.5) is 5.69 Å². The third kappa shape index (κ3) is 4.61. The minimum Gasteiger partial charge on any atom is -0.457 e. The van der Waals surface area contributed by atoms with Crippen LogP contribution in [0.25, 0.3) is 0 Å². The molecule has 5 nitrogen and oxygen atoms in total. The molecule has 2 atom stereocenters. The molecule has 0 bridgehead atoms. The number of aryl methyl sites for hydroxylation is 2. The summed E-state index contributed by atoms with van der Waals surface area (Å²) in [4.78, 5) is 39.3. The molecule has 2 aromatic carbocycles. The largest absolute Gasteiger partial charge is 0.457 e. The summed E-state index contributed by atoms with van der Waals surface area (Å²) in [6.45, 7) is 8.04. The van der Waals surface area contributed by atoms with Crippen LogP contribution in [0.5, 0.6) is 0 Å². The highest BCUT2D eigenvalue weighted by Crippen LogP contribution is 2.33. The quantitative estimate of drug-likeness (QED) is 0.497. The normalized spacial score (nSPS) is 17.1. The van der Waals surface area contributed by atoms with Crippen LogP contribution in [0, 0.1) is 19.8 Å². The van der Waals surface area contributed by atoms with Crippen molar-refractivity contribution in [1.82, 2.24) is 0 Å². The van der Waals surface area contributed by atoms with Crippen LogP contribution in [-0.2, 0) is 14.3 Å². The zero-order chi connectivity index (χ0) is 21.8. The molecule has 0 unspecified atom stereocenters. The van der Waals surface area contributed by atoms with Crippen LogP contribution in [0.2, 0.25) is 0 Å². The van der Waals surface area contributed by atoms with E-state index in [9.17, 15) is 14.4 Å². The average molecular weight is 408 g/mol. The maximum Gasteiger partial charge on any atom is 0.311 e. The van der Waals surface area contributed by atoms with Crippen molar-refractivity contribution in [1.29, 1.82) is 0 Å². The van der Waals surface area contributed by atoms with Crippen LogP contribution in [0.15, 0.2) is 42.5 Å². The van der Waals surface area contributed by atoms with Crippen molar-refractivity contribution in [2.45, 2.75) is 46.5 Å². The van der Waals surface area contributed by atoms with Crippen molar-refractivity contribution in [2.24, 2.45) is 5.92 Å². The highest BCUT2D eigenvalue weighted by atomic mass is 16.5. The molecule has 1 aliphatic heterocycles. The smallest absolute Gasteiger partial charge is 0.311 e. The number of hydrogen-bond acceptors (Lipinski definition) is 4.